The maximum atomic E-state index is 5.42. The Morgan fingerprint density at radius 2 is 1.89 bits per heavy atom. The van der Waals surface area contributed by atoms with Gasteiger partial charge in [0.2, 0.25) is 6.79 Å². The van der Waals surface area contributed by atoms with Crippen LogP contribution in [0.25, 0.3) is 0 Å². The van der Waals surface area contributed by atoms with E-state index in [1.807, 2.05) is 6.07 Å². The van der Waals surface area contributed by atoms with Crippen molar-refractivity contribution in [3.05, 3.63) is 22.2 Å². The van der Waals surface area contributed by atoms with Crippen LogP contribution in [0, 0.1) is 5.41 Å². The molecule has 2 aliphatic rings. The first-order valence-electron chi connectivity index (χ1n) is 6.95. The minimum absolute atomic E-state index is 0.330. The summed E-state index contributed by atoms with van der Waals surface area (Å²) in [5, 5.41) is 3.59. The predicted octanol–water partition coefficient (Wildman–Crippen LogP) is 3.85. The molecular weight excluding hydrogens is 306 g/mol. The van der Waals surface area contributed by atoms with Crippen molar-refractivity contribution in [2.75, 3.05) is 13.3 Å². The van der Waals surface area contributed by atoms with Crippen LogP contribution < -0.4 is 14.8 Å². The zero-order chi connectivity index (χ0) is 13.3. The lowest BCUT2D eigenvalue weighted by Crippen LogP contribution is -2.29. The summed E-state index contributed by atoms with van der Waals surface area (Å²) in [6, 6.07) is 4.06. The standard InChI is InChI=1S/C15H20BrNO2/c1-15(4-2-3-5-15)9-17-8-11-6-13-14(7-12(11)16)19-10-18-13/h6-7,17H,2-5,8-10H2,1H3. The normalized spacial score (nSPS) is 19.9. The van der Waals surface area contributed by atoms with E-state index in [-0.39, 0.29) is 0 Å². The smallest absolute Gasteiger partial charge is 0.231 e. The Labute approximate surface area is 122 Å². The van der Waals surface area contributed by atoms with Crippen molar-refractivity contribution in [1.29, 1.82) is 0 Å². The maximum Gasteiger partial charge on any atom is 0.231 e. The van der Waals surface area contributed by atoms with Crippen LogP contribution in [0.5, 0.6) is 11.5 Å². The van der Waals surface area contributed by atoms with Crippen LogP contribution in [-0.2, 0) is 6.54 Å². The fraction of sp³-hybridized carbons (Fsp3) is 0.600. The van der Waals surface area contributed by atoms with Crippen molar-refractivity contribution in [2.45, 2.75) is 39.2 Å². The zero-order valence-corrected chi connectivity index (χ0v) is 12.9. The van der Waals surface area contributed by atoms with Crippen molar-refractivity contribution in [3.8, 4) is 11.5 Å². The lowest BCUT2D eigenvalue weighted by molar-refractivity contribution is 0.174. The van der Waals surface area contributed by atoms with Gasteiger partial charge in [0.05, 0.1) is 0 Å². The molecule has 1 N–H and O–H groups in total. The SMILES string of the molecule is CC1(CNCc2cc3c(cc2Br)OCO3)CCCC1. The number of fused-ring (bicyclic) bond motifs is 1. The third kappa shape index (κ3) is 2.90. The van der Waals surface area contributed by atoms with Crippen LogP contribution in [0.1, 0.15) is 38.2 Å². The molecule has 0 amide bonds. The first-order valence-corrected chi connectivity index (χ1v) is 7.74. The van der Waals surface area contributed by atoms with E-state index in [4.69, 9.17) is 9.47 Å². The van der Waals surface area contributed by atoms with E-state index in [9.17, 15) is 0 Å². The summed E-state index contributed by atoms with van der Waals surface area (Å²) >= 11 is 3.60. The van der Waals surface area contributed by atoms with Gasteiger partial charge in [-0.05, 0) is 36.0 Å². The van der Waals surface area contributed by atoms with Gasteiger partial charge in [0.15, 0.2) is 11.5 Å². The van der Waals surface area contributed by atoms with Gasteiger partial charge in [0, 0.05) is 17.6 Å². The number of rotatable bonds is 4. The zero-order valence-electron chi connectivity index (χ0n) is 11.3. The molecule has 1 saturated carbocycles. The Morgan fingerprint density at radius 1 is 1.21 bits per heavy atom. The molecule has 0 radical (unpaired) electrons. The van der Waals surface area contributed by atoms with Gasteiger partial charge < -0.3 is 14.8 Å². The molecule has 1 heterocycles. The van der Waals surface area contributed by atoms with Gasteiger partial charge in [0.1, 0.15) is 0 Å². The van der Waals surface area contributed by atoms with Crippen LogP contribution in [0.4, 0.5) is 0 Å². The van der Waals surface area contributed by atoms with Gasteiger partial charge in [-0.1, -0.05) is 35.7 Å². The highest BCUT2D eigenvalue weighted by Crippen LogP contribution is 2.38. The van der Waals surface area contributed by atoms with Crippen molar-refractivity contribution in [1.82, 2.24) is 5.32 Å². The minimum atomic E-state index is 0.330. The molecule has 104 valence electrons. The third-order valence-electron chi connectivity index (χ3n) is 4.22. The Morgan fingerprint density at radius 3 is 2.63 bits per heavy atom. The number of hydrogen-bond donors (Lipinski definition) is 1. The van der Waals surface area contributed by atoms with Crippen LogP contribution in [0.3, 0.4) is 0 Å². The van der Waals surface area contributed by atoms with Crippen molar-refractivity contribution >= 4 is 15.9 Å². The quantitative estimate of drug-likeness (QED) is 0.912. The second kappa shape index (κ2) is 5.33. The van der Waals surface area contributed by atoms with Crippen molar-refractivity contribution in [2.24, 2.45) is 5.41 Å². The fourth-order valence-corrected chi connectivity index (χ4v) is 3.46. The van der Waals surface area contributed by atoms with Gasteiger partial charge in [0.25, 0.3) is 0 Å². The number of benzene rings is 1. The van der Waals surface area contributed by atoms with Crippen molar-refractivity contribution < 1.29 is 9.47 Å². The van der Waals surface area contributed by atoms with Crippen LogP contribution >= 0.6 is 15.9 Å². The van der Waals surface area contributed by atoms with E-state index in [0.717, 1.165) is 29.1 Å². The van der Waals surface area contributed by atoms with E-state index < -0.39 is 0 Å². The lowest BCUT2D eigenvalue weighted by atomic mass is 9.89. The van der Waals surface area contributed by atoms with Crippen LogP contribution in [0.15, 0.2) is 16.6 Å². The number of nitrogens with one attached hydrogen (secondary N) is 1. The molecule has 3 rings (SSSR count). The van der Waals surface area contributed by atoms with Crippen molar-refractivity contribution in [3.63, 3.8) is 0 Å². The molecule has 0 spiro atoms. The Bertz CT molecular complexity index is 469. The van der Waals surface area contributed by atoms with E-state index >= 15 is 0 Å². The fourth-order valence-electron chi connectivity index (χ4n) is 3.00. The molecular formula is C15H20BrNO2. The summed E-state index contributed by atoms with van der Waals surface area (Å²) in [4.78, 5) is 0. The maximum absolute atomic E-state index is 5.42. The molecule has 1 aromatic carbocycles. The Hall–Kier alpha value is -0.740. The largest absolute Gasteiger partial charge is 0.454 e. The van der Waals surface area contributed by atoms with Gasteiger partial charge in [-0.25, -0.2) is 0 Å². The molecule has 0 atom stereocenters. The monoisotopic (exact) mass is 325 g/mol. The van der Waals surface area contributed by atoms with Gasteiger partial charge in [-0.2, -0.15) is 0 Å². The molecule has 0 unspecified atom stereocenters. The second-order valence-corrected chi connectivity index (χ2v) is 6.77. The first kappa shape index (κ1) is 13.3. The summed E-state index contributed by atoms with van der Waals surface area (Å²) in [7, 11) is 0. The molecule has 1 aromatic rings. The molecule has 4 heteroatoms. The summed E-state index contributed by atoms with van der Waals surface area (Å²) in [5.74, 6) is 1.69. The highest BCUT2D eigenvalue weighted by Gasteiger charge is 2.28. The minimum Gasteiger partial charge on any atom is -0.454 e. The molecule has 0 saturated heterocycles. The van der Waals surface area contributed by atoms with Crippen LogP contribution in [-0.4, -0.2) is 13.3 Å². The highest BCUT2D eigenvalue weighted by molar-refractivity contribution is 9.10. The summed E-state index contributed by atoms with van der Waals surface area (Å²) in [5.41, 5.74) is 1.72. The van der Waals surface area contributed by atoms with Crippen LogP contribution in [0.2, 0.25) is 0 Å². The molecule has 0 bridgehead atoms. The summed E-state index contributed by atoms with van der Waals surface area (Å²) < 4.78 is 11.9. The predicted molar refractivity (Wildman–Crippen MR) is 78.5 cm³/mol. The van der Waals surface area contributed by atoms with Gasteiger partial charge in [-0.3, -0.25) is 0 Å². The number of halogens is 1. The topological polar surface area (TPSA) is 30.5 Å². The average molecular weight is 326 g/mol. The molecule has 0 aromatic heterocycles. The summed E-state index contributed by atoms with van der Waals surface area (Å²) in [6.07, 6.45) is 5.46. The third-order valence-corrected chi connectivity index (χ3v) is 4.96. The molecule has 3 nitrogen and oxygen atoms in total. The molecule has 1 aliphatic carbocycles. The Kier molecular flexibility index (Phi) is 3.72. The number of ether oxygens (including phenoxy) is 2. The summed E-state index contributed by atoms with van der Waals surface area (Å²) in [6.45, 7) is 4.68. The Balaban J connectivity index is 1.61. The highest BCUT2D eigenvalue weighted by atomic mass is 79.9. The molecule has 19 heavy (non-hydrogen) atoms. The number of hydrogen-bond acceptors (Lipinski definition) is 3. The van der Waals surface area contributed by atoms with E-state index in [1.165, 1.54) is 31.2 Å². The molecule has 1 aliphatic heterocycles. The van der Waals surface area contributed by atoms with Gasteiger partial charge >= 0.3 is 0 Å². The average Bonchev–Trinajstić information content (AvgIpc) is 2.98. The van der Waals surface area contributed by atoms with E-state index in [2.05, 4.69) is 34.2 Å². The van der Waals surface area contributed by atoms with E-state index in [0.29, 0.717) is 12.2 Å². The first-order chi connectivity index (χ1) is 9.16. The van der Waals surface area contributed by atoms with E-state index in [1.54, 1.807) is 0 Å². The van der Waals surface area contributed by atoms with Gasteiger partial charge in [-0.15, -0.1) is 0 Å². The lowest BCUT2D eigenvalue weighted by Gasteiger charge is -2.24. The molecule has 1 fully saturated rings. The second-order valence-electron chi connectivity index (χ2n) is 5.92.